The van der Waals surface area contributed by atoms with Gasteiger partial charge in [-0.05, 0) is 93.2 Å². The zero-order chi connectivity index (χ0) is 26.9. The van der Waals surface area contributed by atoms with Crippen molar-refractivity contribution >= 4 is 23.1 Å². The van der Waals surface area contributed by atoms with Crippen molar-refractivity contribution in [1.29, 1.82) is 0 Å². The van der Waals surface area contributed by atoms with Crippen LogP contribution in [0.5, 0.6) is 5.75 Å². The Morgan fingerprint density at radius 3 is 2.55 bits per heavy atom. The fraction of sp³-hybridized carbons (Fsp3) is 0.355. The van der Waals surface area contributed by atoms with Crippen LogP contribution in [0.4, 0.5) is 0 Å². The quantitative estimate of drug-likeness (QED) is 0.418. The van der Waals surface area contributed by atoms with E-state index in [-0.39, 0.29) is 0 Å². The van der Waals surface area contributed by atoms with Gasteiger partial charge in [0.05, 0.1) is 16.7 Å². The number of aromatic nitrogens is 1. The molecule has 2 aliphatic heterocycles. The number of hydrogen-bond donors (Lipinski definition) is 2. The van der Waals surface area contributed by atoms with E-state index in [4.69, 9.17) is 16.3 Å². The minimum Gasteiger partial charge on any atom is -0.487 e. The van der Waals surface area contributed by atoms with Crippen LogP contribution in [0, 0.1) is 0 Å². The number of nitrogens with zero attached hydrogens (tertiary/aromatic N) is 2. The van der Waals surface area contributed by atoms with E-state index in [1.165, 1.54) is 0 Å². The smallest absolute Gasteiger partial charge is 0.314 e. The normalized spacial score (nSPS) is 18.3. The Kier molecular flexibility index (Phi) is 7.32. The number of benzene rings is 2. The molecule has 2 aromatic carbocycles. The first-order chi connectivity index (χ1) is 18.2. The van der Waals surface area contributed by atoms with Gasteiger partial charge in [0.1, 0.15) is 12.4 Å². The Morgan fingerprint density at radius 2 is 1.87 bits per heavy atom. The molecule has 0 amide bonds. The summed E-state index contributed by atoms with van der Waals surface area (Å²) in [4.78, 5) is 19.2. The van der Waals surface area contributed by atoms with E-state index in [1.807, 2.05) is 36.4 Å². The van der Waals surface area contributed by atoms with Crippen molar-refractivity contribution in [3.8, 4) is 5.75 Å². The largest absolute Gasteiger partial charge is 0.487 e. The second-order valence-corrected chi connectivity index (χ2v) is 11.1. The summed E-state index contributed by atoms with van der Waals surface area (Å²) in [6.45, 7) is 6.18. The van der Waals surface area contributed by atoms with Crippen LogP contribution in [-0.2, 0) is 22.4 Å². The third-order valence-corrected chi connectivity index (χ3v) is 8.08. The van der Waals surface area contributed by atoms with E-state index < -0.39 is 17.0 Å². The van der Waals surface area contributed by atoms with Crippen LogP contribution in [0.25, 0.3) is 5.57 Å². The highest BCUT2D eigenvalue weighted by molar-refractivity contribution is 6.30. The fourth-order valence-electron chi connectivity index (χ4n) is 5.50. The maximum atomic E-state index is 12.4. The summed E-state index contributed by atoms with van der Waals surface area (Å²) in [5.74, 6) is -0.00204. The average Bonchev–Trinajstić information content (AvgIpc) is 3.06. The number of carboxylic acids is 1. The lowest BCUT2D eigenvalue weighted by molar-refractivity contribution is -0.146. The van der Waals surface area contributed by atoms with Crippen LogP contribution in [0.3, 0.4) is 0 Å². The summed E-state index contributed by atoms with van der Waals surface area (Å²) in [5.41, 5.74) is 3.69. The third kappa shape index (κ3) is 5.21. The van der Waals surface area contributed by atoms with Gasteiger partial charge in [0.25, 0.3) is 0 Å². The zero-order valence-electron chi connectivity index (χ0n) is 21.8. The lowest BCUT2D eigenvalue weighted by atomic mass is 9.73. The van der Waals surface area contributed by atoms with Gasteiger partial charge in [-0.25, -0.2) is 0 Å². The summed E-state index contributed by atoms with van der Waals surface area (Å²) in [6, 6.07) is 17.1. The van der Waals surface area contributed by atoms with Crippen LogP contribution in [0.1, 0.15) is 61.1 Å². The van der Waals surface area contributed by atoms with E-state index in [1.54, 1.807) is 32.2 Å². The van der Waals surface area contributed by atoms with E-state index in [2.05, 4.69) is 22.0 Å². The number of halogens is 1. The topological polar surface area (TPSA) is 82.9 Å². The molecule has 0 radical (unpaired) electrons. The van der Waals surface area contributed by atoms with Crippen molar-refractivity contribution in [3.05, 3.63) is 99.8 Å². The predicted octanol–water partition coefficient (Wildman–Crippen LogP) is 5.80. The van der Waals surface area contributed by atoms with E-state index in [9.17, 15) is 15.0 Å². The Morgan fingerprint density at radius 1 is 1.13 bits per heavy atom. The minimum atomic E-state index is -0.973. The Hall–Kier alpha value is -3.19. The number of carbonyl (C=O) groups is 1. The molecular formula is C31H33ClN2O4. The number of pyridine rings is 1. The molecule has 198 valence electrons. The second kappa shape index (κ2) is 10.5. The summed E-state index contributed by atoms with van der Waals surface area (Å²) in [5, 5.41) is 21.4. The molecule has 2 N–H and O–H groups in total. The van der Waals surface area contributed by atoms with E-state index >= 15 is 0 Å². The maximum Gasteiger partial charge on any atom is 0.314 e. The van der Waals surface area contributed by atoms with Gasteiger partial charge in [-0.1, -0.05) is 41.9 Å². The van der Waals surface area contributed by atoms with Crippen molar-refractivity contribution in [2.75, 3.05) is 19.6 Å². The monoisotopic (exact) mass is 532 g/mol. The summed E-state index contributed by atoms with van der Waals surface area (Å²) < 4.78 is 6.10. The van der Waals surface area contributed by atoms with E-state index in [0.29, 0.717) is 37.6 Å². The van der Waals surface area contributed by atoms with Crippen LogP contribution < -0.4 is 4.74 Å². The number of fused-ring (bicyclic) bond motifs is 2. The first kappa shape index (κ1) is 26.4. The lowest BCUT2D eigenvalue weighted by Gasteiger charge is -2.39. The second-order valence-electron chi connectivity index (χ2n) is 10.7. The number of aliphatic hydroxyl groups is 1. The molecular weight excluding hydrogens is 500 g/mol. The molecule has 0 atom stereocenters. The standard InChI is InChI=1S/C31H33ClN2O4/c1-30(2,37)22-9-12-28-26(19-22)24(25-5-3-15-33-27(25)20-38-28)6-4-16-34-17-13-31(14-18-34,29(35)36)21-7-10-23(32)11-8-21/h3,5-12,15,19,37H,4,13-14,16-18,20H2,1-2H3,(H,35,36)/b24-6-. The first-order valence-electron chi connectivity index (χ1n) is 13.0. The highest BCUT2D eigenvalue weighted by atomic mass is 35.5. The Labute approximate surface area is 228 Å². The first-order valence-corrected chi connectivity index (χ1v) is 13.4. The van der Waals surface area contributed by atoms with E-state index in [0.717, 1.165) is 52.2 Å². The highest BCUT2D eigenvalue weighted by Crippen LogP contribution is 2.39. The SMILES string of the molecule is CC(C)(O)c1ccc2c(c1)/C(=C\CCN1CCC(C(=O)O)(c3ccc(Cl)cc3)CC1)c1cccnc1CO2. The number of piperidine rings is 1. The molecule has 3 heterocycles. The number of rotatable bonds is 6. The predicted molar refractivity (Wildman–Crippen MR) is 148 cm³/mol. The summed E-state index contributed by atoms with van der Waals surface area (Å²) in [7, 11) is 0. The van der Waals surface area contributed by atoms with Crippen molar-refractivity contribution < 1.29 is 19.7 Å². The average molecular weight is 533 g/mol. The molecule has 2 aliphatic rings. The van der Waals surface area contributed by atoms with Crippen LogP contribution in [0.15, 0.2) is 66.9 Å². The van der Waals surface area contributed by atoms with Gasteiger partial charge >= 0.3 is 5.97 Å². The highest BCUT2D eigenvalue weighted by Gasteiger charge is 2.42. The zero-order valence-corrected chi connectivity index (χ0v) is 22.5. The molecule has 0 spiro atoms. The van der Waals surface area contributed by atoms with Gasteiger partial charge in [0.2, 0.25) is 0 Å². The molecule has 0 bridgehead atoms. The fourth-order valence-corrected chi connectivity index (χ4v) is 5.63. The van der Waals surface area contributed by atoms with Crippen molar-refractivity contribution in [1.82, 2.24) is 9.88 Å². The molecule has 0 aliphatic carbocycles. The number of likely N-dealkylation sites (tertiary alicyclic amines) is 1. The van der Waals surface area contributed by atoms with Gasteiger partial charge in [0.15, 0.2) is 0 Å². The number of ether oxygens (including phenoxy) is 1. The summed E-state index contributed by atoms with van der Waals surface area (Å²) in [6.07, 6.45) is 5.90. The molecule has 6 nitrogen and oxygen atoms in total. The van der Waals surface area contributed by atoms with Gasteiger partial charge in [0, 0.05) is 28.9 Å². The minimum absolute atomic E-state index is 0.385. The molecule has 0 unspecified atom stereocenters. The number of hydrogen-bond acceptors (Lipinski definition) is 5. The van der Waals surface area contributed by atoms with Crippen LogP contribution in [-0.4, -0.2) is 45.7 Å². The molecule has 5 rings (SSSR count). The van der Waals surface area contributed by atoms with Crippen molar-refractivity contribution in [2.24, 2.45) is 0 Å². The van der Waals surface area contributed by atoms with Gasteiger partial charge < -0.3 is 19.8 Å². The summed E-state index contributed by atoms with van der Waals surface area (Å²) >= 11 is 6.04. The number of carboxylic acid groups (broad SMARTS) is 1. The lowest BCUT2D eigenvalue weighted by Crippen LogP contribution is -2.47. The molecule has 1 fully saturated rings. The van der Waals surface area contributed by atoms with Gasteiger partial charge in [-0.3, -0.25) is 9.78 Å². The molecule has 3 aromatic rings. The van der Waals surface area contributed by atoms with Crippen LogP contribution >= 0.6 is 11.6 Å². The van der Waals surface area contributed by atoms with Crippen LogP contribution in [0.2, 0.25) is 5.02 Å². The molecule has 1 aromatic heterocycles. The molecule has 38 heavy (non-hydrogen) atoms. The maximum absolute atomic E-state index is 12.4. The molecule has 0 saturated carbocycles. The van der Waals surface area contributed by atoms with Gasteiger partial charge in [-0.2, -0.15) is 0 Å². The van der Waals surface area contributed by atoms with Crippen molar-refractivity contribution in [3.63, 3.8) is 0 Å². The Balaban J connectivity index is 1.36. The Bertz CT molecular complexity index is 1350. The third-order valence-electron chi connectivity index (χ3n) is 7.83. The van der Waals surface area contributed by atoms with Crippen molar-refractivity contribution in [2.45, 2.75) is 50.7 Å². The molecule has 7 heteroatoms. The van der Waals surface area contributed by atoms with Gasteiger partial charge in [-0.15, -0.1) is 0 Å². The number of aliphatic carboxylic acids is 1. The molecule has 1 saturated heterocycles.